The van der Waals surface area contributed by atoms with Crippen molar-refractivity contribution in [2.45, 2.75) is 32.0 Å². The molecule has 0 saturated carbocycles. The quantitative estimate of drug-likeness (QED) is 0.855. The molecule has 1 aliphatic rings. The van der Waals surface area contributed by atoms with E-state index in [4.69, 9.17) is 5.26 Å². The predicted octanol–water partition coefficient (Wildman–Crippen LogP) is 2.52. The monoisotopic (exact) mass is 322 g/mol. The first-order valence-electron chi connectivity index (χ1n) is 8.32. The number of anilines is 1. The number of nitrogens with zero attached hydrogens (tertiary/aromatic N) is 3. The van der Waals surface area contributed by atoms with Crippen LogP contribution in [0.3, 0.4) is 0 Å². The number of hydrogen-bond acceptors (Lipinski definition) is 5. The second-order valence-electron chi connectivity index (χ2n) is 6.12. The molecule has 0 amide bonds. The molecule has 0 unspecified atom stereocenters. The number of nitriles is 1. The molecule has 3 rings (SSSR count). The first kappa shape index (κ1) is 16.4. The molecule has 24 heavy (non-hydrogen) atoms. The average molecular weight is 322 g/mol. The molecule has 2 aromatic rings. The Morgan fingerprint density at radius 1 is 1.25 bits per heavy atom. The van der Waals surface area contributed by atoms with E-state index in [2.05, 4.69) is 33.4 Å². The van der Waals surface area contributed by atoms with Crippen molar-refractivity contribution in [2.24, 2.45) is 0 Å². The molecular weight excluding hydrogens is 300 g/mol. The lowest BCUT2D eigenvalue weighted by molar-refractivity contribution is 0.153. The summed E-state index contributed by atoms with van der Waals surface area (Å²) in [4.78, 5) is 6.44. The summed E-state index contributed by atoms with van der Waals surface area (Å²) in [7, 11) is 0. The zero-order valence-electron chi connectivity index (χ0n) is 13.7. The Bertz CT molecular complexity index is 708. The van der Waals surface area contributed by atoms with Crippen molar-refractivity contribution in [2.75, 3.05) is 18.5 Å². The molecule has 1 aromatic heterocycles. The second-order valence-corrected chi connectivity index (χ2v) is 6.12. The second kappa shape index (κ2) is 7.91. The van der Waals surface area contributed by atoms with Crippen molar-refractivity contribution in [1.29, 1.82) is 5.26 Å². The van der Waals surface area contributed by atoms with Crippen LogP contribution in [-0.2, 0) is 13.1 Å². The summed E-state index contributed by atoms with van der Waals surface area (Å²) in [5.41, 5.74) is 3.85. The lowest BCUT2D eigenvalue weighted by Crippen LogP contribution is -2.32. The van der Waals surface area contributed by atoms with Crippen molar-refractivity contribution in [1.82, 2.24) is 9.88 Å². The molecule has 5 heteroatoms. The molecule has 1 atom stereocenters. The van der Waals surface area contributed by atoms with Crippen LogP contribution >= 0.6 is 0 Å². The minimum atomic E-state index is 0.233. The van der Waals surface area contributed by atoms with E-state index in [0.717, 1.165) is 31.6 Å². The highest BCUT2D eigenvalue weighted by Crippen LogP contribution is 2.22. The van der Waals surface area contributed by atoms with Crippen LogP contribution in [0.1, 0.15) is 29.7 Å². The van der Waals surface area contributed by atoms with E-state index in [1.54, 1.807) is 12.3 Å². The van der Waals surface area contributed by atoms with Gasteiger partial charge in [-0.05, 0) is 42.6 Å². The molecule has 1 fully saturated rings. The third-order valence-corrected chi connectivity index (χ3v) is 4.56. The Morgan fingerprint density at radius 3 is 2.79 bits per heavy atom. The Morgan fingerprint density at radius 2 is 2.08 bits per heavy atom. The van der Waals surface area contributed by atoms with Gasteiger partial charge in [0, 0.05) is 19.1 Å². The van der Waals surface area contributed by atoms with Crippen molar-refractivity contribution < 1.29 is 5.11 Å². The normalized spacial score (nSPS) is 17.6. The lowest BCUT2D eigenvalue weighted by Gasteiger charge is -2.24. The fraction of sp³-hybridized carbons (Fsp3) is 0.368. The topological polar surface area (TPSA) is 72.2 Å². The largest absolute Gasteiger partial charge is 0.395 e. The van der Waals surface area contributed by atoms with Gasteiger partial charge in [-0.2, -0.15) is 5.26 Å². The number of aliphatic hydroxyl groups is 1. The highest BCUT2D eigenvalue weighted by molar-refractivity contribution is 5.44. The van der Waals surface area contributed by atoms with Gasteiger partial charge in [0.2, 0.25) is 0 Å². The maximum Gasteiger partial charge on any atom is 0.140 e. The van der Waals surface area contributed by atoms with Crippen LogP contribution in [0.25, 0.3) is 0 Å². The SMILES string of the molecule is N#Cc1ccc(NCc2ccccc2CN2CCC[C@H]2CO)cn1. The van der Waals surface area contributed by atoms with Gasteiger partial charge in [-0.3, -0.25) is 4.90 Å². The van der Waals surface area contributed by atoms with Crippen LogP contribution in [0.4, 0.5) is 5.69 Å². The number of rotatable bonds is 6. The first-order valence-corrected chi connectivity index (χ1v) is 8.32. The number of pyridine rings is 1. The zero-order chi connectivity index (χ0) is 16.8. The molecule has 0 radical (unpaired) electrons. The van der Waals surface area contributed by atoms with Gasteiger partial charge < -0.3 is 10.4 Å². The molecule has 1 aromatic carbocycles. The van der Waals surface area contributed by atoms with Gasteiger partial charge in [0.1, 0.15) is 11.8 Å². The summed E-state index contributed by atoms with van der Waals surface area (Å²) in [5, 5.41) is 21.7. The Labute approximate surface area is 142 Å². The lowest BCUT2D eigenvalue weighted by atomic mass is 10.1. The van der Waals surface area contributed by atoms with E-state index in [-0.39, 0.29) is 12.6 Å². The van der Waals surface area contributed by atoms with Gasteiger partial charge in [-0.25, -0.2) is 4.98 Å². The molecule has 1 aliphatic heterocycles. The van der Waals surface area contributed by atoms with Crippen molar-refractivity contribution in [3.63, 3.8) is 0 Å². The van der Waals surface area contributed by atoms with Crippen LogP contribution in [0.15, 0.2) is 42.6 Å². The molecule has 0 spiro atoms. The Hall–Kier alpha value is -2.42. The van der Waals surface area contributed by atoms with Gasteiger partial charge in [0.25, 0.3) is 0 Å². The van der Waals surface area contributed by atoms with Crippen molar-refractivity contribution >= 4 is 5.69 Å². The summed E-state index contributed by atoms with van der Waals surface area (Å²) < 4.78 is 0. The average Bonchev–Trinajstić information content (AvgIpc) is 3.08. The van der Waals surface area contributed by atoms with E-state index in [9.17, 15) is 5.11 Å². The minimum absolute atomic E-state index is 0.233. The van der Waals surface area contributed by atoms with Gasteiger partial charge >= 0.3 is 0 Å². The van der Waals surface area contributed by atoms with Gasteiger partial charge in [0.15, 0.2) is 0 Å². The smallest absolute Gasteiger partial charge is 0.140 e. The fourth-order valence-corrected chi connectivity index (χ4v) is 3.17. The molecule has 5 nitrogen and oxygen atoms in total. The highest BCUT2D eigenvalue weighted by Gasteiger charge is 2.24. The predicted molar refractivity (Wildman–Crippen MR) is 93.2 cm³/mol. The molecule has 0 bridgehead atoms. The number of aromatic nitrogens is 1. The molecule has 2 heterocycles. The zero-order valence-corrected chi connectivity index (χ0v) is 13.7. The van der Waals surface area contributed by atoms with E-state index in [1.165, 1.54) is 11.1 Å². The van der Waals surface area contributed by atoms with Crippen LogP contribution in [0.2, 0.25) is 0 Å². The number of likely N-dealkylation sites (tertiary alicyclic amines) is 1. The van der Waals surface area contributed by atoms with E-state index >= 15 is 0 Å². The Kier molecular flexibility index (Phi) is 5.42. The Balaban J connectivity index is 1.66. The molecule has 124 valence electrons. The van der Waals surface area contributed by atoms with Gasteiger partial charge in [-0.1, -0.05) is 24.3 Å². The third-order valence-electron chi connectivity index (χ3n) is 4.56. The van der Waals surface area contributed by atoms with Crippen molar-refractivity contribution in [3.8, 4) is 6.07 Å². The van der Waals surface area contributed by atoms with E-state index in [1.807, 2.05) is 18.2 Å². The van der Waals surface area contributed by atoms with E-state index in [0.29, 0.717) is 12.2 Å². The van der Waals surface area contributed by atoms with E-state index < -0.39 is 0 Å². The molecule has 1 saturated heterocycles. The van der Waals surface area contributed by atoms with Crippen LogP contribution in [0, 0.1) is 11.3 Å². The number of aliphatic hydroxyl groups excluding tert-OH is 1. The number of nitrogens with one attached hydrogen (secondary N) is 1. The molecular formula is C19H22N4O. The number of benzene rings is 1. The summed E-state index contributed by atoms with van der Waals surface area (Å²) in [6.45, 7) is 2.86. The van der Waals surface area contributed by atoms with Crippen LogP contribution < -0.4 is 5.32 Å². The van der Waals surface area contributed by atoms with Crippen LogP contribution in [0.5, 0.6) is 0 Å². The van der Waals surface area contributed by atoms with Gasteiger partial charge in [-0.15, -0.1) is 0 Å². The summed E-state index contributed by atoms with van der Waals surface area (Å²) in [6.07, 6.45) is 3.92. The summed E-state index contributed by atoms with van der Waals surface area (Å²) >= 11 is 0. The maximum atomic E-state index is 9.49. The standard InChI is InChI=1S/C19H22N4O/c20-10-17-7-8-18(12-22-17)21-11-15-4-1-2-5-16(15)13-23-9-3-6-19(23)14-24/h1-2,4-5,7-8,12,19,21,24H,3,6,9,11,13-14H2/t19-/m0/s1. The maximum absolute atomic E-state index is 9.49. The van der Waals surface area contributed by atoms with Crippen molar-refractivity contribution in [3.05, 3.63) is 59.4 Å². The number of hydrogen-bond donors (Lipinski definition) is 2. The molecule has 0 aliphatic carbocycles. The third kappa shape index (κ3) is 3.91. The summed E-state index contributed by atoms with van der Waals surface area (Å²) in [6, 6.07) is 14.3. The minimum Gasteiger partial charge on any atom is -0.395 e. The molecule has 2 N–H and O–H groups in total. The van der Waals surface area contributed by atoms with Crippen LogP contribution in [-0.4, -0.2) is 34.2 Å². The highest BCUT2D eigenvalue weighted by atomic mass is 16.3. The first-order chi connectivity index (χ1) is 11.8. The van der Waals surface area contributed by atoms with Gasteiger partial charge in [0.05, 0.1) is 18.5 Å². The summed E-state index contributed by atoms with van der Waals surface area (Å²) in [5.74, 6) is 0. The fourth-order valence-electron chi connectivity index (χ4n) is 3.17.